The molecule has 2 heteroatoms. The molecule has 2 aliphatic carbocycles. The molecule has 0 bridgehead atoms. The molecule has 158 valence electrons. The summed E-state index contributed by atoms with van der Waals surface area (Å²) >= 11 is 3.65. The van der Waals surface area contributed by atoms with Crippen LogP contribution in [0.25, 0.3) is 33.0 Å². The van der Waals surface area contributed by atoms with Crippen LogP contribution in [-0.4, -0.2) is 0 Å². The zero-order chi connectivity index (χ0) is 21.8. The Morgan fingerprint density at radius 2 is 1.12 bits per heavy atom. The lowest BCUT2D eigenvalue weighted by Crippen LogP contribution is -2.18. The highest BCUT2D eigenvalue weighted by molar-refractivity contribution is 7.13. The molecule has 0 saturated heterocycles. The fourth-order valence-electron chi connectivity index (χ4n) is 5.89. The Kier molecular flexibility index (Phi) is 4.82. The topological polar surface area (TPSA) is 0 Å². The van der Waals surface area contributed by atoms with E-state index in [2.05, 4.69) is 104 Å². The Labute approximate surface area is 198 Å². The van der Waals surface area contributed by atoms with Gasteiger partial charge in [-0.2, -0.15) is 0 Å². The predicted molar refractivity (Wildman–Crippen MR) is 141 cm³/mol. The molecule has 2 aromatic carbocycles. The fraction of sp³-hybridized carbons (Fsp3) is 0.200. The summed E-state index contributed by atoms with van der Waals surface area (Å²) in [6.07, 6.45) is 4.82. The number of thiophene rings is 2. The van der Waals surface area contributed by atoms with Crippen molar-refractivity contribution in [2.45, 2.75) is 32.6 Å². The first-order chi connectivity index (χ1) is 15.6. The summed E-state index contributed by atoms with van der Waals surface area (Å²) in [5.41, 5.74) is 11.5. The van der Waals surface area contributed by atoms with Crippen LogP contribution in [0.1, 0.15) is 54.9 Å². The summed E-state index contributed by atoms with van der Waals surface area (Å²) in [5, 5.41) is 4.34. The SMILES string of the molecule is CC1=Cc2ccc(-c3cccs3)cc2C1C(C)C1C(C)=Cc2ccc(-c3cccs3)cc21. The van der Waals surface area contributed by atoms with E-state index in [-0.39, 0.29) is 0 Å². The van der Waals surface area contributed by atoms with Crippen molar-refractivity contribution in [2.24, 2.45) is 5.92 Å². The molecule has 0 fully saturated rings. The first-order valence-electron chi connectivity index (χ1n) is 11.3. The smallest absolute Gasteiger partial charge is 0.0342 e. The second-order valence-corrected chi connectivity index (χ2v) is 11.1. The Hall–Kier alpha value is -2.68. The highest BCUT2D eigenvalue weighted by atomic mass is 32.1. The molecule has 2 aliphatic rings. The molecule has 2 heterocycles. The molecule has 4 aromatic rings. The van der Waals surface area contributed by atoms with Gasteiger partial charge in [0.25, 0.3) is 0 Å². The minimum atomic E-state index is 0.453. The Bertz CT molecular complexity index is 1240. The van der Waals surface area contributed by atoms with E-state index < -0.39 is 0 Å². The lowest BCUT2D eigenvalue weighted by molar-refractivity contribution is 0.455. The summed E-state index contributed by atoms with van der Waals surface area (Å²) in [4.78, 5) is 2.71. The van der Waals surface area contributed by atoms with Crippen molar-refractivity contribution >= 4 is 34.8 Å². The lowest BCUT2D eigenvalue weighted by Gasteiger charge is -2.30. The van der Waals surface area contributed by atoms with E-state index in [1.807, 2.05) is 22.7 Å². The van der Waals surface area contributed by atoms with Gasteiger partial charge in [0, 0.05) is 21.6 Å². The first-order valence-corrected chi connectivity index (χ1v) is 13.1. The maximum atomic E-state index is 2.46. The summed E-state index contributed by atoms with van der Waals surface area (Å²) in [6.45, 7) is 7.11. The molecule has 0 nitrogen and oxygen atoms in total. The van der Waals surface area contributed by atoms with Crippen LogP contribution >= 0.6 is 22.7 Å². The van der Waals surface area contributed by atoms with Crippen molar-refractivity contribution < 1.29 is 0 Å². The van der Waals surface area contributed by atoms with Gasteiger partial charge in [-0.1, -0.05) is 66.6 Å². The maximum Gasteiger partial charge on any atom is 0.0342 e. The van der Waals surface area contributed by atoms with Gasteiger partial charge in [0.2, 0.25) is 0 Å². The molecule has 0 amide bonds. The second-order valence-electron chi connectivity index (χ2n) is 9.23. The number of hydrogen-bond acceptors (Lipinski definition) is 2. The van der Waals surface area contributed by atoms with Gasteiger partial charge < -0.3 is 0 Å². The monoisotopic (exact) mass is 450 g/mol. The number of benzene rings is 2. The van der Waals surface area contributed by atoms with Crippen molar-refractivity contribution in [1.29, 1.82) is 0 Å². The summed E-state index contributed by atoms with van der Waals surface area (Å²) in [5.74, 6) is 1.41. The van der Waals surface area contributed by atoms with Gasteiger partial charge in [-0.05, 0) is 88.2 Å². The summed E-state index contributed by atoms with van der Waals surface area (Å²) in [7, 11) is 0. The van der Waals surface area contributed by atoms with Gasteiger partial charge in [0.15, 0.2) is 0 Å². The molecule has 2 unspecified atom stereocenters. The third-order valence-corrected chi connectivity index (χ3v) is 9.09. The second kappa shape index (κ2) is 7.72. The van der Waals surface area contributed by atoms with Crippen LogP contribution in [0.2, 0.25) is 0 Å². The molecular weight excluding hydrogens is 424 g/mol. The predicted octanol–water partition coefficient (Wildman–Crippen LogP) is 9.48. The van der Waals surface area contributed by atoms with Gasteiger partial charge in [-0.15, -0.1) is 22.7 Å². The highest BCUT2D eigenvalue weighted by Gasteiger charge is 2.36. The largest absolute Gasteiger partial charge is 0.144 e. The molecule has 0 aliphatic heterocycles. The van der Waals surface area contributed by atoms with E-state index in [9.17, 15) is 0 Å². The third-order valence-electron chi connectivity index (χ3n) is 7.25. The standard InChI is InChI=1S/C30H26S2/c1-18-14-21-8-10-23(27-6-4-12-31-27)16-25(21)29(18)20(3)30-19(2)15-22-9-11-24(17-26(22)30)28-7-5-13-32-28/h4-17,20,29-30H,1-3H3. The van der Waals surface area contributed by atoms with Crippen LogP contribution in [-0.2, 0) is 0 Å². The van der Waals surface area contributed by atoms with Crippen LogP contribution in [0.5, 0.6) is 0 Å². The third kappa shape index (κ3) is 3.17. The Morgan fingerprint density at radius 3 is 1.53 bits per heavy atom. The number of rotatable bonds is 4. The maximum absolute atomic E-state index is 2.46. The van der Waals surface area contributed by atoms with Gasteiger partial charge in [-0.3, -0.25) is 0 Å². The number of hydrogen-bond donors (Lipinski definition) is 0. The van der Waals surface area contributed by atoms with Crippen LogP contribution < -0.4 is 0 Å². The van der Waals surface area contributed by atoms with E-state index in [0.29, 0.717) is 17.8 Å². The quantitative estimate of drug-likeness (QED) is 0.290. The minimum absolute atomic E-state index is 0.453. The van der Waals surface area contributed by atoms with E-state index in [4.69, 9.17) is 0 Å². The van der Waals surface area contributed by atoms with Crippen LogP contribution in [0, 0.1) is 5.92 Å². The van der Waals surface area contributed by atoms with Crippen LogP contribution in [0.4, 0.5) is 0 Å². The molecule has 32 heavy (non-hydrogen) atoms. The molecular formula is C30H26S2. The summed E-state index contributed by atoms with van der Waals surface area (Å²) in [6, 6.07) is 22.9. The minimum Gasteiger partial charge on any atom is -0.144 e. The Balaban J connectivity index is 1.40. The molecule has 0 radical (unpaired) electrons. The molecule has 0 saturated carbocycles. The molecule has 2 aromatic heterocycles. The van der Waals surface area contributed by atoms with Gasteiger partial charge in [-0.25, -0.2) is 0 Å². The Morgan fingerprint density at radius 1 is 0.656 bits per heavy atom. The highest BCUT2D eigenvalue weighted by Crippen LogP contribution is 2.52. The molecule has 0 N–H and O–H groups in total. The molecule has 6 rings (SSSR count). The van der Waals surface area contributed by atoms with Gasteiger partial charge in [0.05, 0.1) is 0 Å². The van der Waals surface area contributed by atoms with E-state index >= 15 is 0 Å². The van der Waals surface area contributed by atoms with Crippen molar-refractivity contribution in [3.63, 3.8) is 0 Å². The van der Waals surface area contributed by atoms with E-state index in [1.165, 1.54) is 54.3 Å². The lowest BCUT2D eigenvalue weighted by atomic mass is 9.73. The number of fused-ring (bicyclic) bond motifs is 2. The van der Waals surface area contributed by atoms with Crippen molar-refractivity contribution in [1.82, 2.24) is 0 Å². The van der Waals surface area contributed by atoms with E-state index in [1.54, 1.807) is 0 Å². The normalized spacial score (nSPS) is 20.0. The average Bonchev–Trinajstić information content (AvgIpc) is 3.57. The summed E-state index contributed by atoms with van der Waals surface area (Å²) < 4.78 is 0. The van der Waals surface area contributed by atoms with Gasteiger partial charge in [0.1, 0.15) is 0 Å². The van der Waals surface area contributed by atoms with Crippen molar-refractivity contribution in [3.8, 4) is 20.9 Å². The zero-order valence-corrected chi connectivity index (χ0v) is 20.3. The van der Waals surface area contributed by atoms with Crippen LogP contribution in [0.3, 0.4) is 0 Å². The number of allylic oxidation sites excluding steroid dienone is 2. The van der Waals surface area contributed by atoms with Crippen molar-refractivity contribution in [3.05, 3.63) is 105 Å². The van der Waals surface area contributed by atoms with Gasteiger partial charge >= 0.3 is 0 Å². The van der Waals surface area contributed by atoms with Crippen LogP contribution in [0.15, 0.2) is 82.6 Å². The molecule has 2 atom stereocenters. The fourth-order valence-corrected chi connectivity index (χ4v) is 7.34. The van der Waals surface area contributed by atoms with Crippen molar-refractivity contribution in [2.75, 3.05) is 0 Å². The first kappa shape index (κ1) is 20.0. The average molecular weight is 451 g/mol. The van der Waals surface area contributed by atoms with E-state index in [0.717, 1.165) is 0 Å². The molecule has 0 spiro atoms. The zero-order valence-electron chi connectivity index (χ0n) is 18.6.